The first-order valence-corrected chi connectivity index (χ1v) is 7.80. The summed E-state index contributed by atoms with van der Waals surface area (Å²) < 4.78 is 3.02. The number of aryl methyl sites for hydroxylation is 2. The average Bonchev–Trinajstić information content (AvgIpc) is 2.80. The molecule has 0 saturated heterocycles. The largest absolute Gasteiger partial charge is 0.309 e. The normalized spacial score (nSPS) is 12.6. The van der Waals surface area contributed by atoms with Gasteiger partial charge in [-0.25, -0.2) is 0 Å². The van der Waals surface area contributed by atoms with Crippen LogP contribution in [0.5, 0.6) is 0 Å². The summed E-state index contributed by atoms with van der Waals surface area (Å²) in [6.45, 7) is 5.15. The topological polar surface area (TPSA) is 42.7 Å². The van der Waals surface area contributed by atoms with E-state index < -0.39 is 0 Å². The number of rotatable bonds is 6. The van der Waals surface area contributed by atoms with Crippen LogP contribution >= 0.6 is 15.9 Å². The molecule has 4 nitrogen and oxygen atoms in total. The lowest BCUT2D eigenvalue weighted by Crippen LogP contribution is -2.25. The highest BCUT2D eigenvalue weighted by molar-refractivity contribution is 9.10. The minimum absolute atomic E-state index is 0.190. The van der Waals surface area contributed by atoms with Gasteiger partial charge in [0.15, 0.2) is 0 Å². The maximum absolute atomic E-state index is 4.52. The van der Waals surface area contributed by atoms with Gasteiger partial charge in [-0.05, 0) is 47.1 Å². The van der Waals surface area contributed by atoms with Crippen molar-refractivity contribution in [3.8, 4) is 0 Å². The van der Waals surface area contributed by atoms with Crippen molar-refractivity contribution in [2.45, 2.75) is 32.7 Å². The second-order valence-corrected chi connectivity index (χ2v) is 5.64. The molecule has 5 heteroatoms. The summed E-state index contributed by atoms with van der Waals surface area (Å²) in [7, 11) is 2.00. The highest BCUT2D eigenvalue weighted by Gasteiger charge is 2.17. The molecule has 2 aromatic rings. The van der Waals surface area contributed by atoms with Crippen molar-refractivity contribution < 1.29 is 0 Å². The molecule has 2 aromatic heterocycles. The van der Waals surface area contributed by atoms with E-state index in [1.54, 1.807) is 0 Å². The summed E-state index contributed by atoms with van der Waals surface area (Å²) in [6, 6.07) is 6.35. The number of hydrogen-bond acceptors (Lipinski definition) is 3. The molecule has 0 bridgehead atoms. The predicted octanol–water partition coefficient (Wildman–Crippen LogP) is 3.03. The third-order valence-corrected chi connectivity index (χ3v) is 4.04. The highest BCUT2D eigenvalue weighted by Crippen LogP contribution is 2.24. The van der Waals surface area contributed by atoms with Gasteiger partial charge >= 0.3 is 0 Å². The van der Waals surface area contributed by atoms with E-state index in [-0.39, 0.29) is 6.04 Å². The summed E-state index contributed by atoms with van der Waals surface area (Å²) in [6.07, 6.45) is 3.69. The zero-order valence-electron chi connectivity index (χ0n) is 12.2. The van der Waals surface area contributed by atoms with Crippen LogP contribution in [0.15, 0.2) is 28.9 Å². The van der Waals surface area contributed by atoms with Gasteiger partial charge < -0.3 is 5.32 Å². The molecule has 0 aliphatic carbocycles. The molecule has 0 saturated carbocycles. The van der Waals surface area contributed by atoms with E-state index in [2.05, 4.69) is 51.2 Å². The Morgan fingerprint density at radius 2 is 2.20 bits per heavy atom. The lowest BCUT2D eigenvalue weighted by atomic mass is 10.1. The predicted molar refractivity (Wildman–Crippen MR) is 84.6 cm³/mol. The van der Waals surface area contributed by atoms with Gasteiger partial charge in [0.2, 0.25) is 0 Å². The Labute approximate surface area is 128 Å². The van der Waals surface area contributed by atoms with Crippen LogP contribution in [-0.2, 0) is 19.9 Å². The van der Waals surface area contributed by atoms with Gasteiger partial charge in [0.1, 0.15) is 0 Å². The minimum Gasteiger partial charge on any atom is -0.309 e. The summed E-state index contributed by atoms with van der Waals surface area (Å²) in [4.78, 5) is 4.51. The third kappa shape index (κ3) is 3.46. The molecule has 1 unspecified atom stereocenters. The highest BCUT2D eigenvalue weighted by atomic mass is 79.9. The fourth-order valence-electron chi connectivity index (χ4n) is 2.31. The maximum Gasteiger partial charge on any atom is 0.0718 e. The fourth-order valence-corrected chi connectivity index (χ4v) is 2.84. The summed E-state index contributed by atoms with van der Waals surface area (Å²) in [5.74, 6) is 0. The molecule has 0 radical (unpaired) electrons. The van der Waals surface area contributed by atoms with Crippen molar-refractivity contribution >= 4 is 15.9 Å². The molecule has 2 rings (SSSR count). The molecule has 0 aliphatic rings. The van der Waals surface area contributed by atoms with E-state index >= 15 is 0 Å². The van der Waals surface area contributed by atoms with Gasteiger partial charge in [-0.3, -0.25) is 9.67 Å². The van der Waals surface area contributed by atoms with Crippen LogP contribution in [0.2, 0.25) is 0 Å². The summed E-state index contributed by atoms with van der Waals surface area (Å²) in [5.41, 5.74) is 3.41. The van der Waals surface area contributed by atoms with Crippen molar-refractivity contribution in [2.24, 2.45) is 7.05 Å². The number of likely N-dealkylation sites (N-methyl/N-ethyl adjacent to an activating group) is 1. The molecular formula is C15H21BrN4. The number of nitrogens with one attached hydrogen (secondary N) is 1. The zero-order valence-corrected chi connectivity index (χ0v) is 13.8. The molecule has 0 aromatic carbocycles. The monoisotopic (exact) mass is 336 g/mol. The standard InChI is InChI=1S/C15H21BrN4/c1-4-11-9-12(20(3)19-11)10-14(17-5-2)15-13(16)7-6-8-18-15/h6-9,14,17H,4-5,10H2,1-3H3. The fraction of sp³-hybridized carbons (Fsp3) is 0.467. The Morgan fingerprint density at radius 1 is 1.40 bits per heavy atom. The van der Waals surface area contributed by atoms with Crippen molar-refractivity contribution in [3.05, 3.63) is 46.0 Å². The Balaban J connectivity index is 2.25. The van der Waals surface area contributed by atoms with Crippen LogP contribution in [-0.4, -0.2) is 21.3 Å². The number of hydrogen-bond donors (Lipinski definition) is 1. The van der Waals surface area contributed by atoms with Gasteiger partial charge in [0, 0.05) is 29.8 Å². The van der Waals surface area contributed by atoms with Gasteiger partial charge in [0.05, 0.1) is 17.4 Å². The minimum atomic E-state index is 0.190. The molecule has 1 atom stereocenters. The van der Waals surface area contributed by atoms with Crippen molar-refractivity contribution in [2.75, 3.05) is 6.54 Å². The molecule has 108 valence electrons. The van der Waals surface area contributed by atoms with Crippen LogP contribution < -0.4 is 5.32 Å². The van der Waals surface area contributed by atoms with E-state index in [0.717, 1.165) is 35.2 Å². The van der Waals surface area contributed by atoms with Crippen LogP contribution in [0, 0.1) is 0 Å². The molecule has 0 spiro atoms. The summed E-state index contributed by atoms with van der Waals surface area (Å²) in [5, 5.41) is 8.02. The van der Waals surface area contributed by atoms with Crippen LogP contribution in [0.1, 0.15) is 37.0 Å². The lowest BCUT2D eigenvalue weighted by Gasteiger charge is -2.18. The smallest absolute Gasteiger partial charge is 0.0718 e. The van der Waals surface area contributed by atoms with Gasteiger partial charge in [0.25, 0.3) is 0 Å². The van der Waals surface area contributed by atoms with Crippen molar-refractivity contribution in [1.82, 2.24) is 20.1 Å². The Kier molecular flexibility index (Phi) is 5.31. The zero-order chi connectivity index (χ0) is 14.5. The van der Waals surface area contributed by atoms with Crippen molar-refractivity contribution in [3.63, 3.8) is 0 Å². The average molecular weight is 337 g/mol. The molecule has 2 heterocycles. The van der Waals surface area contributed by atoms with Gasteiger partial charge in [-0.1, -0.05) is 13.8 Å². The second kappa shape index (κ2) is 6.99. The second-order valence-electron chi connectivity index (χ2n) is 4.79. The first-order chi connectivity index (χ1) is 9.65. The molecule has 0 fully saturated rings. The molecule has 20 heavy (non-hydrogen) atoms. The van der Waals surface area contributed by atoms with E-state index in [0.29, 0.717) is 0 Å². The van der Waals surface area contributed by atoms with Crippen molar-refractivity contribution in [1.29, 1.82) is 0 Å². The van der Waals surface area contributed by atoms with Gasteiger partial charge in [-0.2, -0.15) is 5.10 Å². The number of halogens is 1. The molecular weight excluding hydrogens is 316 g/mol. The Morgan fingerprint density at radius 3 is 2.80 bits per heavy atom. The number of nitrogens with zero attached hydrogens (tertiary/aromatic N) is 3. The van der Waals surface area contributed by atoms with E-state index in [9.17, 15) is 0 Å². The quantitative estimate of drug-likeness (QED) is 0.881. The van der Waals surface area contributed by atoms with E-state index in [1.165, 1.54) is 5.69 Å². The first-order valence-electron chi connectivity index (χ1n) is 7.01. The van der Waals surface area contributed by atoms with Crippen LogP contribution in [0.3, 0.4) is 0 Å². The van der Waals surface area contributed by atoms with Gasteiger partial charge in [-0.15, -0.1) is 0 Å². The van der Waals surface area contributed by atoms with E-state index in [1.807, 2.05) is 30.1 Å². The first kappa shape index (κ1) is 15.2. The summed E-state index contributed by atoms with van der Waals surface area (Å²) >= 11 is 3.59. The number of aromatic nitrogens is 3. The van der Waals surface area contributed by atoms with Crippen LogP contribution in [0.4, 0.5) is 0 Å². The van der Waals surface area contributed by atoms with Crippen LogP contribution in [0.25, 0.3) is 0 Å². The Bertz CT molecular complexity index is 565. The maximum atomic E-state index is 4.52. The number of pyridine rings is 1. The lowest BCUT2D eigenvalue weighted by molar-refractivity contribution is 0.515. The molecule has 0 aliphatic heterocycles. The Hall–Kier alpha value is -1.20. The third-order valence-electron chi connectivity index (χ3n) is 3.37. The molecule has 0 amide bonds. The molecule has 1 N–H and O–H groups in total. The van der Waals surface area contributed by atoms with E-state index in [4.69, 9.17) is 0 Å². The SMILES string of the molecule is CCNC(Cc1cc(CC)nn1C)c1ncccc1Br.